The first-order valence-electron chi connectivity index (χ1n) is 11.8. The summed E-state index contributed by atoms with van der Waals surface area (Å²) in [5.74, 6) is -0.158. The zero-order valence-electron chi connectivity index (χ0n) is 20.0. The second-order valence-corrected chi connectivity index (χ2v) is 9.15. The topological polar surface area (TPSA) is 59.2 Å². The van der Waals surface area contributed by atoms with Crippen LogP contribution in [-0.2, 0) is 12.4 Å². The molecule has 2 aromatic carbocycles. The Kier molecular flexibility index (Phi) is 7.21. The van der Waals surface area contributed by atoms with Crippen LogP contribution in [0.15, 0.2) is 48.7 Å². The molecule has 0 spiro atoms. The number of aryl methyl sites for hydroxylation is 1. The average Bonchev–Trinajstić information content (AvgIpc) is 3.12. The first kappa shape index (κ1) is 26.5. The monoisotopic (exact) mass is 521 g/mol. The molecule has 0 unspecified atom stereocenters. The van der Waals surface area contributed by atoms with E-state index in [0.717, 1.165) is 38.8 Å². The molecule has 196 valence electrons. The SMILES string of the molecule is Cc1ccc(C(N)=O)c(-c2ccc(N3CCCCCC3)nc2)c1-c1cc(C(F)(F)F)cc(C(F)(F)F)c1. The van der Waals surface area contributed by atoms with Gasteiger partial charge >= 0.3 is 12.4 Å². The highest BCUT2D eigenvalue weighted by molar-refractivity contribution is 6.04. The van der Waals surface area contributed by atoms with Crippen LogP contribution in [0.4, 0.5) is 32.2 Å². The molecule has 4 rings (SSSR count). The normalized spacial score (nSPS) is 14.9. The minimum atomic E-state index is -5.01. The van der Waals surface area contributed by atoms with Crippen LogP contribution in [-0.4, -0.2) is 24.0 Å². The maximum Gasteiger partial charge on any atom is 0.416 e. The van der Waals surface area contributed by atoms with Gasteiger partial charge in [-0.3, -0.25) is 4.79 Å². The van der Waals surface area contributed by atoms with Gasteiger partial charge in [0.15, 0.2) is 0 Å². The van der Waals surface area contributed by atoms with Gasteiger partial charge in [-0.2, -0.15) is 26.3 Å². The van der Waals surface area contributed by atoms with E-state index in [-0.39, 0.29) is 28.3 Å². The predicted molar refractivity (Wildman–Crippen MR) is 129 cm³/mol. The molecule has 1 fully saturated rings. The van der Waals surface area contributed by atoms with E-state index >= 15 is 0 Å². The number of carbonyl (C=O) groups excluding carboxylic acids is 1. The molecule has 2 heterocycles. The number of carbonyl (C=O) groups is 1. The third-order valence-corrected chi connectivity index (χ3v) is 6.52. The molecular weight excluding hydrogens is 496 g/mol. The second kappa shape index (κ2) is 10.1. The van der Waals surface area contributed by atoms with Crippen molar-refractivity contribution in [1.82, 2.24) is 4.98 Å². The smallest absolute Gasteiger partial charge is 0.366 e. The Labute approximate surface area is 210 Å². The summed E-state index contributed by atoms with van der Waals surface area (Å²) in [5.41, 5.74) is 3.27. The molecule has 1 aromatic heterocycles. The van der Waals surface area contributed by atoms with Gasteiger partial charge in [-0.05, 0) is 72.9 Å². The third kappa shape index (κ3) is 5.73. The quantitative estimate of drug-likeness (QED) is 0.368. The number of nitrogens with two attached hydrogens (primary N) is 1. The maximum atomic E-state index is 13.6. The Morgan fingerprint density at radius 2 is 1.41 bits per heavy atom. The Balaban J connectivity index is 1.93. The Bertz CT molecular complexity index is 1260. The van der Waals surface area contributed by atoms with Crippen molar-refractivity contribution < 1.29 is 31.1 Å². The van der Waals surface area contributed by atoms with Crippen LogP contribution in [0.2, 0.25) is 0 Å². The molecular formula is C27H25F6N3O. The van der Waals surface area contributed by atoms with Gasteiger partial charge in [0.25, 0.3) is 0 Å². The van der Waals surface area contributed by atoms with E-state index in [1.54, 1.807) is 19.1 Å². The van der Waals surface area contributed by atoms with Crippen molar-refractivity contribution in [3.8, 4) is 22.3 Å². The van der Waals surface area contributed by atoms with Crippen molar-refractivity contribution in [2.75, 3.05) is 18.0 Å². The van der Waals surface area contributed by atoms with E-state index in [1.165, 1.54) is 18.3 Å². The first-order chi connectivity index (χ1) is 17.4. The van der Waals surface area contributed by atoms with E-state index in [9.17, 15) is 31.1 Å². The summed E-state index contributed by atoms with van der Waals surface area (Å²) in [7, 11) is 0. The molecule has 0 bridgehead atoms. The summed E-state index contributed by atoms with van der Waals surface area (Å²) in [6, 6.07) is 7.66. The van der Waals surface area contributed by atoms with Crippen LogP contribution in [0.3, 0.4) is 0 Å². The fraction of sp³-hybridized carbons (Fsp3) is 0.333. The summed E-state index contributed by atoms with van der Waals surface area (Å²) < 4.78 is 81.5. The Morgan fingerprint density at radius 3 is 1.89 bits per heavy atom. The van der Waals surface area contributed by atoms with Crippen LogP contribution in [0.5, 0.6) is 0 Å². The summed E-state index contributed by atoms with van der Waals surface area (Å²) >= 11 is 0. The lowest BCUT2D eigenvalue weighted by atomic mass is 9.86. The highest BCUT2D eigenvalue weighted by Crippen LogP contribution is 2.43. The van der Waals surface area contributed by atoms with Crippen LogP contribution in [0.25, 0.3) is 22.3 Å². The first-order valence-corrected chi connectivity index (χ1v) is 11.8. The number of primary amides is 1. The summed E-state index contributed by atoms with van der Waals surface area (Å²) in [6.07, 6.45) is -4.25. The lowest BCUT2D eigenvalue weighted by molar-refractivity contribution is -0.143. The lowest BCUT2D eigenvalue weighted by Gasteiger charge is -2.22. The van der Waals surface area contributed by atoms with Gasteiger partial charge in [0.2, 0.25) is 5.91 Å². The molecule has 1 saturated heterocycles. The standard InChI is InChI=1S/C27H25F6N3O/c1-16-6-8-21(25(34)37)24(17-7-9-22(35-15-17)36-10-4-2-3-5-11-36)23(16)18-12-19(26(28,29)30)14-20(13-18)27(31,32)33/h6-9,12-15H,2-5,10-11H2,1H3,(H2,34,37). The number of nitrogens with zero attached hydrogens (tertiary/aromatic N) is 2. The van der Waals surface area contributed by atoms with Crippen molar-refractivity contribution in [3.05, 3.63) is 70.9 Å². The lowest BCUT2D eigenvalue weighted by Crippen LogP contribution is -2.24. The highest BCUT2D eigenvalue weighted by Gasteiger charge is 2.37. The number of hydrogen-bond donors (Lipinski definition) is 1. The van der Waals surface area contributed by atoms with Gasteiger partial charge in [0.05, 0.1) is 11.1 Å². The van der Waals surface area contributed by atoms with Gasteiger partial charge in [-0.1, -0.05) is 18.9 Å². The zero-order valence-corrected chi connectivity index (χ0v) is 20.0. The number of hydrogen-bond acceptors (Lipinski definition) is 3. The molecule has 0 radical (unpaired) electrons. The molecule has 0 saturated carbocycles. The van der Waals surface area contributed by atoms with E-state index in [4.69, 9.17) is 5.73 Å². The number of aromatic nitrogens is 1. The van der Waals surface area contributed by atoms with Crippen LogP contribution in [0.1, 0.15) is 52.7 Å². The summed E-state index contributed by atoms with van der Waals surface area (Å²) in [6.45, 7) is 3.22. The predicted octanol–water partition coefficient (Wildman–Crippen LogP) is 7.24. The number of rotatable bonds is 4. The number of amides is 1. The van der Waals surface area contributed by atoms with Crippen molar-refractivity contribution >= 4 is 11.7 Å². The average molecular weight is 522 g/mol. The maximum absolute atomic E-state index is 13.6. The molecule has 0 atom stereocenters. The van der Waals surface area contributed by atoms with E-state index in [0.29, 0.717) is 29.1 Å². The van der Waals surface area contributed by atoms with Crippen LogP contribution in [0, 0.1) is 6.92 Å². The molecule has 1 aliphatic rings. The van der Waals surface area contributed by atoms with Crippen LogP contribution < -0.4 is 10.6 Å². The van der Waals surface area contributed by atoms with Crippen molar-refractivity contribution in [1.29, 1.82) is 0 Å². The fourth-order valence-electron chi connectivity index (χ4n) is 4.70. The third-order valence-electron chi connectivity index (χ3n) is 6.52. The van der Waals surface area contributed by atoms with E-state index in [2.05, 4.69) is 9.88 Å². The number of halogens is 6. The van der Waals surface area contributed by atoms with Crippen molar-refractivity contribution in [2.45, 2.75) is 45.0 Å². The highest BCUT2D eigenvalue weighted by atomic mass is 19.4. The van der Waals surface area contributed by atoms with Gasteiger partial charge in [0, 0.05) is 36.0 Å². The second-order valence-electron chi connectivity index (χ2n) is 9.15. The number of benzene rings is 2. The molecule has 1 amide bonds. The molecule has 2 N–H and O–H groups in total. The van der Waals surface area contributed by atoms with Gasteiger partial charge in [0.1, 0.15) is 5.82 Å². The number of pyridine rings is 1. The molecule has 4 nitrogen and oxygen atoms in total. The molecule has 0 aliphatic carbocycles. The van der Waals surface area contributed by atoms with Crippen molar-refractivity contribution in [2.24, 2.45) is 5.73 Å². The molecule has 3 aromatic rings. The number of anilines is 1. The van der Waals surface area contributed by atoms with Crippen LogP contribution >= 0.6 is 0 Å². The molecule has 10 heteroatoms. The largest absolute Gasteiger partial charge is 0.416 e. The Hall–Kier alpha value is -3.56. The van der Waals surface area contributed by atoms with Gasteiger partial charge < -0.3 is 10.6 Å². The van der Waals surface area contributed by atoms with Gasteiger partial charge in [-0.15, -0.1) is 0 Å². The molecule has 1 aliphatic heterocycles. The van der Waals surface area contributed by atoms with Gasteiger partial charge in [-0.25, -0.2) is 4.98 Å². The molecule has 37 heavy (non-hydrogen) atoms. The zero-order chi connectivity index (χ0) is 27.0. The van der Waals surface area contributed by atoms with E-state index < -0.39 is 29.4 Å². The minimum absolute atomic E-state index is 0.0316. The minimum Gasteiger partial charge on any atom is -0.366 e. The number of alkyl halides is 6. The fourth-order valence-corrected chi connectivity index (χ4v) is 4.70. The summed E-state index contributed by atoms with van der Waals surface area (Å²) in [4.78, 5) is 19.0. The van der Waals surface area contributed by atoms with Crippen molar-refractivity contribution in [3.63, 3.8) is 0 Å². The van der Waals surface area contributed by atoms with E-state index in [1.807, 2.05) is 0 Å². The Morgan fingerprint density at radius 1 is 0.811 bits per heavy atom. The summed E-state index contributed by atoms with van der Waals surface area (Å²) in [5, 5.41) is 0.